The van der Waals surface area contributed by atoms with Crippen molar-refractivity contribution in [1.29, 1.82) is 0 Å². The fraction of sp³-hybridized carbons (Fsp3) is 0.0833. The summed E-state index contributed by atoms with van der Waals surface area (Å²) in [5.41, 5.74) is 1.72. The molecule has 1 aromatic heterocycles. The molecule has 1 amide bonds. The van der Waals surface area contributed by atoms with E-state index in [-0.39, 0.29) is 5.91 Å². The molecule has 2 aromatic rings. The molecular formula is C12H11N3OS. The summed E-state index contributed by atoms with van der Waals surface area (Å²) in [4.78, 5) is 11.7. The predicted molar refractivity (Wildman–Crippen MR) is 69.0 cm³/mol. The van der Waals surface area contributed by atoms with Crippen LogP contribution in [-0.4, -0.2) is 16.1 Å². The summed E-state index contributed by atoms with van der Waals surface area (Å²) in [6.45, 7) is 1.43. The molecule has 1 heterocycles. The van der Waals surface area contributed by atoms with Crippen LogP contribution in [0.2, 0.25) is 0 Å². The molecule has 0 fully saturated rings. The number of nitrogens with one attached hydrogen (secondary N) is 1. The lowest BCUT2D eigenvalue weighted by Crippen LogP contribution is -2.07. The lowest BCUT2D eigenvalue weighted by atomic mass is 10.1. The van der Waals surface area contributed by atoms with Gasteiger partial charge in [-0.05, 0) is 24.3 Å². The average Bonchev–Trinajstić information content (AvgIpc) is 2.30. The minimum Gasteiger partial charge on any atom is -0.309 e. The summed E-state index contributed by atoms with van der Waals surface area (Å²) in [6, 6.07) is 11.2. The zero-order valence-corrected chi connectivity index (χ0v) is 10.1. The molecule has 0 spiro atoms. The normalized spacial score (nSPS) is 10.0. The third-order valence-corrected chi connectivity index (χ3v) is 2.43. The van der Waals surface area contributed by atoms with Crippen molar-refractivity contribution in [2.24, 2.45) is 0 Å². The maximum Gasteiger partial charge on any atom is 0.222 e. The van der Waals surface area contributed by atoms with E-state index in [9.17, 15) is 4.79 Å². The zero-order chi connectivity index (χ0) is 12.3. The van der Waals surface area contributed by atoms with Crippen molar-refractivity contribution < 1.29 is 4.79 Å². The summed E-state index contributed by atoms with van der Waals surface area (Å²) in [7, 11) is 0. The maximum atomic E-state index is 10.8. The van der Waals surface area contributed by atoms with E-state index < -0.39 is 0 Å². The molecule has 86 valence electrons. The van der Waals surface area contributed by atoms with E-state index in [1.54, 1.807) is 6.07 Å². The molecule has 0 saturated carbocycles. The van der Waals surface area contributed by atoms with Gasteiger partial charge in [0.25, 0.3) is 0 Å². The molecular weight excluding hydrogens is 234 g/mol. The van der Waals surface area contributed by atoms with Crippen molar-refractivity contribution in [1.82, 2.24) is 10.2 Å². The number of carbonyl (C=O) groups is 1. The first-order valence-electron chi connectivity index (χ1n) is 5.06. The van der Waals surface area contributed by atoms with Gasteiger partial charge in [0.15, 0.2) is 5.82 Å². The number of amides is 1. The van der Waals surface area contributed by atoms with Gasteiger partial charge in [-0.3, -0.25) is 4.79 Å². The van der Waals surface area contributed by atoms with Crippen molar-refractivity contribution in [2.45, 2.75) is 11.8 Å². The minimum atomic E-state index is -0.161. The fourth-order valence-electron chi connectivity index (χ4n) is 1.37. The molecule has 5 heteroatoms. The van der Waals surface area contributed by atoms with Gasteiger partial charge in [-0.1, -0.05) is 12.1 Å². The molecule has 2 rings (SSSR count). The fourth-order valence-corrected chi connectivity index (χ4v) is 1.51. The summed E-state index contributed by atoms with van der Waals surface area (Å²) in [6.07, 6.45) is 0. The van der Waals surface area contributed by atoms with Crippen LogP contribution in [0.25, 0.3) is 11.3 Å². The highest BCUT2D eigenvalue weighted by atomic mass is 32.1. The average molecular weight is 245 g/mol. The summed E-state index contributed by atoms with van der Waals surface area (Å²) in [5.74, 6) is 0.290. The lowest BCUT2D eigenvalue weighted by Gasteiger charge is -2.02. The standard InChI is InChI=1S/C12H11N3OS/c1-8(16)13-12-7-6-11(14-15-12)9-2-4-10(17)5-3-9/h2-7,17H,1H3,(H,13,15,16). The van der Waals surface area contributed by atoms with Crippen LogP contribution in [0.15, 0.2) is 41.3 Å². The number of benzene rings is 1. The molecule has 0 bridgehead atoms. The molecule has 0 atom stereocenters. The molecule has 4 nitrogen and oxygen atoms in total. The Kier molecular flexibility index (Phi) is 3.39. The Balaban J connectivity index is 2.23. The second kappa shape index (κ2) is 4.97. The van der Waals surface area contributed by atoms with Gasteiger partial charge < -0.3 is 5.32 Å². The van der Waals surface area contributed by atoms with E-state index in [2.05, 4.69) is 28.1 Å². The Labute approximate surface area is 104 Å². The van der Waals surface area contributed by atoms with E-state index >= 15 is 0 Å². The highest BCUT2D eigenvalue weighted by Gasteiger charge is 2.01. The second-order valence-corrected chi connectivity index (χ2v) is 4.05. The van der Waals surface area contributed by atoms with Gasteiger partial charge in [-0.25, -0.2) is 0 Å². The molecule has 1 N–H and O–H groups in total. The van der Waals surface area contributed by atoms with Crippen LogP contribution in [0.5, 0.6) is 0 Å². The molecule has 0 unspecified atom stereocenters. The van der Waals surface area contributed by atoms with Crippen LogP contribution in [0.1, 0.15) is 6.92 Å². The van der Waals surface area contributed by atoms with Gasteiger partial charge in [0.05, 0.1) is 5.69 Å². The number of thiol groups is 1. The van der Waals surface area contributed by atoms with Gasteiger partial charge in [0, 0.05) is 17.4 Å². The highest BCUT2D eigenvalue weighted by Crippen LogP contribution is 2.18. The molecule has 17 heavy (non-hydrogen) atoms. The van der Waals surface area contributed by atoms with Crippen LogP contribution >= 0.6 is 12.6 Å². The number of anilines is 1. The molecule has 0 saturated heterocycles. The van der Waals surface area contributed by atoms with Crippen molar-refractivity contribution >= 4 is 24.4 Å². The Morgan fingerprint density at radius 2 is 1.82 bits per heavy atom. The number of carbonyl (C=O) groups excluding carboxylic acids is 1. The number of nitrogens with zero attached hydrogens (tertiary/aromatic N) is 2. The molecule has 1 aromatic carbocycles. The van der Waals surface area contributed by atoms with Gasteiger partial charge in [0.2, 0.25) is 5.91 Å². The van der Waals surface area contributed by atoms with Crippen molar-refractivity contribution in [3.05, 3.63) is 36.4 Å². The van der Waals surface area contributed by atoms with E-state index in [0.29, 0.717) is 5.82 Å². The maximum absolute atomic E-state index is 10.8. The number of hydrogen-bond acceptors (Lipinski definition) is 4. The highest BCUT2D eigenvalue weighted by molar-refractivity contribution is 7.80. The Hall–Kier alpha value is -1.88. The van der Waals surface area contributed by atoms with Crippen LogP contribution in [0, 0.1) is 0 Å². The van der Waals surface area contributed by atoms with Crippen LogP contribution in [0.4, 0.5) is 5.82 Å². The zero-order valence-electron chi connectivity index (χ0n) is 9.21. The first kappa shape index (κ1) is 11.6. The Bertz CT molecular complexity index is 522. The summed E-state index contributed by atoms with van der Waals surface area (Å²) in [5, 5.41) is 10.5. The first-order chi connectivity index (χ1) is 8.15. The quantitative estimate of drug-likeness (QED) is 0.799. The van der Waals surface area contributed by atoms with Gasteiger partial charge in [-0.15, -0.1) is 22.8 Å². The predicted octanol–water partition coefficient (Wildman–Crippen LogP) is 2.39. The van der Waals surface area contributed by atoms with E-state index in [1.165, 1.54) is 6.92 Å². The molecule has 0 aliphatic rings. The SMILES string of the molecule is CC(=O)Nc1ccc(-c2ccc(S)cc2)nn1. The van der Waals surface area contributed by atoms with Crippen LogP contribution in [-0.2, 0) is 4.79 Å². The topological polar surface area (TPSA) is 54.9 Å². The molecule has 0 aliphatic carbocycles. The second-order valence-electron chi connectivity index (χ2n) is 3.53. The van der Waals surface area contributed by atoms with Gasteiger partial charge in [0.1, 0.15) is 0 Å². The molecule has 0 aliphatic heterocycles. The Morgan fingerprint density at radius 1 is 1.12 bits per heavy atom. The monoisotopic (exact) mass is 245 g/mol. The number of rotatable bonds is 2. The van der Waals surface area contributed by atoms with Crippen molar-refractivity contribution in [3.8, 4) is 11.3 Å². The minimum absolute atomic E-state index is 0.161. The van der Waals surface area contributed by atoms with E-state index in [1.807, 2.05) is 30.3 Å². The van der Waals surface area contributed by atoms with E-state index in [0.717, 1.165) is 16.2 Å². The van der Waals surface area contributed by atoms with Crippen molar-refractivity contribution in [2.75, 3.05) is 5.32 Å². The van der Waals surface area contributed by atoms with Gasteiger partial charge in [-0.2, -0.15) is 0 Å². The summed E-state index contributed by atoms with van der Waals surface area (Å²) < 4.78 is 0. The third-order valence-electron chi connectivity index (χ3n) is 2.13. The lowest BCUT2D eigenvalue weighted by molar-refractivity contribution is -0.114. The Morgan fingerprint density at radius 3 is 2.35 bits per heavy atom. The van der Waals surface area contributed by atoms with E-state index in [4.69, 9.17) is 0 Å². The first-order valence-corrected chi connectivity index (χ1v) is 5.50. The molecule has 0 radical (unpaired) electrons. The van der Waals surface area contributed by atoms with Gasteiger partial charge >= 0.3 is 0 Å². The largest absolute Gasteiger partial charge is 0.309 e. The van der Waals surface area contributed by atoms with Crippen LogP contribution in [0.3, 0.4) is 0 Å². The summed E-state index contributed by atoms with van der Waals surface area (Å²) >= 11 is 4.21. The number of aromatic nitrogens is 2. The number of hydrogen-bond donors (Lipinski definition) is 2. The third kappa shape index (κ3) is 3.04. The van der Waals surface area contributed by atoms with Crippen molar-refractivity contribution in [3.63, 3.8) is 0 Å². The smallest absolute Gasteiger partial charge is 0.222 e. The van der Waals surface area contributed by atoms with Crippen LogP contribution < -0.4 is 5.32 Å².